The number of rotatable bonds is 4. The third-order valence-electron chi connectivity index (χ3n) is 4.11. The molecule has 4 rings (SSSR count). The lowest BCUT2D eigenvalue weighted by atomic mass is 10.2. The summed E-state index contributed by atoms with van der Waals surface area (Å²) in [6.45, 7) is -0.377. The monoisotopic (exact) mass is 321 g/mol. The predicted octanol–water partition coefficient (Wildman–Crippen LogP) is 3.77. The third kappa shape index (κ3) is 2.46. The maximum Gasteiger partial charge on any atom is 0.143 e. The van der Waals surface area contributed by atoms with Crippen LogP contribution in [0.1, 0.15) is 5.56 Å². The zero-order valence-corrected chi connectivity index (χ0v) is 13.2. The van der Waals surface area contributed by atoms with Crippen LogP contribution < -0.4 is 5.32 Å². The molecule has 0 bridgehead atoms. The molecule has 4 heterocycles. The fraction of sp³-hybridized carbons (Fsp3) is 0.167. The van der Waals surface area contributed by atoms with Crippen LogP contribution in [0.15, 0.2) is 48.9 Å². The average Bonchev–Trinajstić information content (AvgIpc) is 2.89. The van der Waals surface area contributed by atoms with Gasteiger partial charge in [-0.2, -0.15) is 0 Å². The van der Waals surface area contributed by atoms with Gasteiger partial charge in [0.25, 0.3) is 0 Å². The molecule has 4 aromatic rings. The van der Waals surface area contributed by atoms with Crippen LogP contribution in [-0.2, 0) is 13.5 Å². The van der Waals surface area contributed by atoms with Crippen LogP contribution in [0.2, 0.25) is 0 Å². The minimum absolute atomic E-state index is 0.377. The second kappa shape index (κ2) is 5.88. The normalized spacial score (nSPS) is 11.2. The average molecular weight is 321 g/mol. The third-order valence-corrected chi connectivity index (χ3v) is 4.11. The van der Waals surface area contributed by atoms with Gasteiger partial charge >= 0.3 is 0 Å². The van der Waals surface area contributed by atoms with Gasteiger partial charge in [0.15, 0.2) is 0 Å². The maximum absolute atomic E-state index is 12.5. The van der Waals surface area contributed by atoms with Crippen molar-refractivity contribution in [2.45, 2.75) is 6.42 Å². The second-order valence-corrected chi connectivity index (χ2v) is 5.63. The van der Waals surface area contributed by atoms with Crippen molar-refractivity contribution < 1.29 is 4.39 Å². The van der Waals surface area contributed by atoms with Crippen LogP contribution in [0.3, 0.4) is 0 Å². The Morgan fingerprint density at radius 3 is 2.88 bits per heavy atom. The zero-order chi connectivity index (χ0) is 16.5. The smallest absolute Gasteiger partial charge is 0.143 e. The highest BCUT2D eigenvalue weighted by atomic mass is 19.1. The number of hydrogen-bond acceptors (Lipinski definition) is 4. The Kier molecular flexibility index (Phi) is 3.57. The molecule has 0 aromatic carbocycles. The molecular formula is C18H16FN5. The molecule has 0 amide bonds. The maximum atomic E-state index is 12.5. The standard InChI is InChI=1S/C18H16FN5/c1-24-15-6-8-20-11-14(15)13-2-3-16(23-18(13)24)22-17-10-12(4-7-19)5-9-21-17/h2-3,5-6,8-11H,4,7H2,1H3,(H,21,22,23). The van der Waals surface area contributed by atoms with E-state index in [1.807, 2.05) is 48.1 Å². The van der Waals surface area contributed by atoms with Gasteiger partial charge in [-0.1, -0.05) is 0 Å². The molecule has 6 heteroatoms. The van der Waals surface area contributed by atoms with Gasteiger partial charge in [-0.25, -0.2) is 9.97 Å². The minimum atomic E-state index is -0.377. The van der Waals surface area contributed by atoms with Crippen LogP contribution in [0.5, 0.6) is 0 Å². The first kappa shape index (κ1) is 14.6. The number of halogens is 1. The topological polar surface area (TPSA) is 55.6 Å². The highest BCUT2D eigenvalue weighted by Gasteiger charge is 2.10. The van der Waals surface area contributed by atoms with E-state index in [0.717, 1.165) is 27.5 Å². The van der Waals surface area contributed by atoms with Gasteiger partial charge < -0.3 is 9.88 Å². The van der Waals surface area contributed by atoms with E-state index >= 15 is 0 Å². The number of nitrogens with one attached hydrogen (secondary N) is 1. The van der Waals surface area contributed by atoms with Gasteiger partial charge in [0.1, 0.15) is 17.3 Å². The fourth-order valence-corrected chi connectivity index (χ4v) is 2.92. The molecule has 1 N–H and O–H groups in total. The lowest BCUT2D eigenvalue weighted by Crippen LogP contribution is -1.99. The van der Waals surface area contributed by atoms with Crippen molar-refractivity contribution >= 4 is 33.6 Å². The van der Waals surface area contributed by atoms with Gasteiger partial charge in [-0.05, 0) is 35.9 Å². The van der Waals surface area contributed by atoms with E-state index in [0.29, 0.717) is 18.1 Å². The first-order valence-corrected chi connectivity index (χ1v) is 7.73. The quantitative estimate of drug-likeness (QED) is 0.621. The number of aromatic nitrogens is 4. The summed E-state index contributed by atoms with van der Waals surface area (Å²) in [7, 11) is 1.99. The SMILES string of the molecule is Cn1c2ccncc2c2ccc(Nc3cc(CCF)ccn3)nc21. The van der Waals surface area contributed by atoms with Gasteiger partial charge in [-0.3, -0.25) is 9.37 Å². The summed E-state index contributed by atoms with van der Waals surface area (Å²) in [4.78, 5) is 13.2. The van der Waals surface area contributed by atoms with Crippen LogP contribution in [0.25, 0.3) is 21.9 Å². The number of pyridine rings is 3. The van der Waals surface area contributed by atoms with Crippen molar-refractivity contribution in [2.75, 3.05) is 12.0 Å². The van der Waals surface area contributed by atoms with E-state index < -0.39 is 0 Å². The number of aryl methyl sites for hydroxylation is 2. The first-order valence-electron chi connectivity index (χ1n) is 7.73. The highest BCUT2D eigenvalue weighted by Crippen LogP contribution is 2.27. The molecule has 5 nitrogen and oxygen atoms in total. The molecule has 0 unspecified atom stereocenters. The lowest BCUT2D eigenvalue weighted by Gasteiger charge is -2.07. The van der Waals surface area contributed by atoms with Crippen molar-refractivity contribution in [3.63, 3.8) is 0 Å². The van der Waals surface area contributed by atoms with Crippen LogP contribution in [0.4, 0.5) is 16.0 Å². The Bertz CT molecular complexity index is 1020. The van der Waals surface area contributed by atoms with Gasteiger partial charge in [0.2, 0.25) is 0 Å². The molecule has 24 heavy (non-hydrogen) atoms. The molecule has 0 radical (unpaired) electrons. The van der Waals surface area contributed by atoms with Crippen molar-refractivity contribution in [3.8, 4) is 0 Å². The van der Waals surface area contributed by atoms with E-state index in [-0.39, 0.29) is 6.67 Å². The van der Waals surface area contributed by atoms with Gasteiger partial charge in [-0.15, -0.1) is 0 Å². The molecule has 0 saturated heterocycles. The summed E-state index contributed by atoms with van der Waals surface area (Å²) in [6.07, 6.45) is 5.70. The molecule has 0 aliphatic rings. The molecule has 0 aliphatic carbocycles. The van der Waals surface area contributed by atoms with Crippen LogP contribution >= 0.6 is 0 Å². The number of hydrogen-bond donors (Lipinski definition) is 1. The number of nitrogens with zero attached hydrogens (tertiary/aromatic N) is 4. The Labute approximate surface area is 138 Å². The molecule has 0 fully saturated rings. The Hall–Kier alpha value is -3.02. The lowest BCUT2D eigenvalue weighted by molar-refractivity contribution is 0.495. The summed E-state index contributed by atoms with van der Waals surface area (Å²) in [5, 5.41) is 5.33. The van der Waals surface area contributed by atoms with E-state index in [9.17, 15) is 4.39 Å². The van der Waals surface area contributed by atoms with Crippen LogP contribution in [-0.4, -0.2) is 26.2 Å². The minimum Gasteiger partial charge on any atom is -0.328 e. The molecule has 0 aliphatic heterocycles. The molecule has 4 aromatic heterocycles. The zero-order valence-electron chi connectivity index (χ0n) is 13.2. The molecular weight excluding hydrogens is 305 g/mol. The van der Waals surface area contributed by atoms with E-state index in [4.69, 9.17) is 4.98 Å². The summed E-state index contributed by atoms with van der Waals surface area (Å²) < 4.78 is 14.5. The molecule has 0 atom stereocenters. The number of alkyl halides is 1. The summed E-state index contributed by atoms with van der Waals surface area (Å²) >= 11 is 0. The van der Waals surface area contributed by atoms with Crippen molar-refractivity contribution in [2.24, 2.45) is 7.05 Å². The van der Waals surface area contributed by atoms with Crippen molar-refractivity contribution in [1.82, 2.24) is 19.5 Å². The first-order chi connectivity index (χ1) is 11.8. The summed E-state index contributed by atoms with van der Waals surface area (Å²) in [6, 6.07) is 9.58. The fourth-order valence-electron chi connectivity index (χ4n) is 2.92. The molecule has 0 spiro atoms. The van der Waals surface area contributed by atoms with E-state index in [1.54, 1.807) is 12.4 Å². The van der Waals surface area contributed by atoms with E-state index in [2.05, 4.69) is 15.3 Å². The van der Waals surface area contributed by atoms with Crippen molar-refractivity contribution in [3.05, 3.63) is 54.5 Å². The van der Waals surface area contributed by atoms with Gasteiger partial charge in [0, 0.05) is 42.8 Å². The summed E-state index contributed by atoms with van der Waals surface area (Å²) in [5.41, 5.74) is 2.88. The Balaban J connectivity index is 1.74. The second-order valence-electron chi connectivity index (χ2n) is 5.63. The van der Waals surface area contributed by atoms with Crippen LogP contribution in [0, 0.1) is 0 Å². The van der Waals surface area contributed by atoms with Gasteiger partial charge in [0.05, 0.1) is 12.2 Å². The van der Waals surface area contributed by atoms with Crippen molar-refractivity contribution in [1.29, 1.82) is 0 Å². The largest absolute Gasteiger partial charge is 0.328 e. The van der Waals surface area contributed by atoms with E-state index in [1.165, 1.54) is 0 Å². The molecule has 0 saturated carbocycles. The number of anilines is 2. The number of fused-ring (bicyclic) bond motifs is 3. The summed E-state index contributed by atoms with van der Waals surface area (Å²) in [5.74, 6) is 1.36. The molecule has 120 valence electrons. The Morgan fingerprint density at radius 2 is 2.00 bits per heavy atom. The Morgan fingerprint density at radius 1 is 1.08 bits per heavy atom. The highest BCUT2D eigenvalue weighted by molar-refractivity contribution is 6.06. The predicted molar refractivity (Wildman–Crippen MR) is 93.2 cm³/mol.